The van der Waals surface area contributed by atoms with Crippen LogP contribution in [0, 0.1) is 5.41 Å². The van der Waals surface area contributed by atoms with Gasteiger partial charge in [0, 0.05) is 25.0 Å². The van der Waals surface area contributed by atoms with Gasteiger partial charge in [-0.25, -0.2) is 14.6 Å². The molecule has 0 bridgehead atoms. The zero-order chi connectivity index (χ0) is 17.9. The average molecular weight is 344 g/mol. The molecule has 1 saturated heterocycles. The van der Waals surface area contributed by atoms with Crippen molar-refractivity contribution in [3.8, 4) is 0 Å². The lowest BCUT2D eigenvalue weighted by Gasteiger charge is -2.21. The second-order valence-electron chi connectivity index (χ2n) is 7.71. The van der Waals surface area contributed by atoms with E-state index in [1.54, 1.807) is 6.33 Å². The molecule has 2 aromatic heterocycles. The van der Waals surface area contributed by atoms with Crippen LogP contribution in [-0.4, -0.2) is 45.3 Å². The smallest absolute Gasteiger partial charge is 0.225 e. The molecule has 2 aromatic rings. The third-order valence-electron chi connectivity index (χ3n) is 4.61. The van der Waals surface area contributed by atoms with E-state index in [0.717, 1.165) is 29.9 Å². The lowest BCUT2D eigenvalue weighted by molar-refractivity contribution is -0.128. The topological polar surface area (TPSA) is 75.9 Å². The summed E-state index contributed by atoms with van der Waals surface area (Å²) in [5.41, 5.74) is 0.452. The Balaban J connectivity index is 1.73. The Labute approximate surface area is 148 Å². The van der Waals surface area contributed by atoms with Crippen LogP contribution < -0.4 is 10.2 Å². The molecule has 1 aliphatic heterocycles. The molecular formula is C18H28N6O. The molecule has 0 radical (unpaired) electrons. The molecule has 1 N–H and O–H groups in total. The number of hydrogen-bond acceptors (Lipinski definition) is 5. The Kier molecular flexibility index (Phi) is 5.20. The van der Waals surface area contributed by atoms with Gasteiger partial charge in [-0.05, 0) is 12.8 Å². The van der Waals surface area contributed by atoms with E-state index in [1.165, 1.54) is 25.7 Å². The van der Waals surface area contributed by atoms with Gasteiger partial charge >= 0.3 is 0 Å². The van der Waals surface area contributed by atoms with E-state index in [9.17, 15) is 4.79 Å². The van der Waals surface area contributed by atoms with Gasteiger partial charge in [-0.15, -0.1) is 0 Å². The molecule has 7 nitrogen and oxygen atoms in total. The number of nitrogens with one attached hydrogen (secondary N) is 1. The fourth-order valence-corrected chi connectivity index (χ4v) is 3.12. The highest BCUT2D eigenvalue weighted by Gasteiger charge is 2.21. The van der Waals surface area contributed by atoms with Crippen LogP contribution in [0.4, 0.5) is 5.82 Å². The standard InChI is InChI=1S/C18H28N6O/c1-18(2,3)17(25)19-8-11-24-16-14(12-22-24)15(20-13-21-16)23-9-6-4-5-7-10-23/h12-13H,4-11H2,1-3H3,(H,19,25). The SMILES string of the molecule is CC(C)(C)C(=O)NCCn1ncc2c(N3CCCCCC3)ncnc21. The van der Waals surface area contributed by atoms with Crippen LogP contribution in [0.1, 0.15) is 46.5 Å². The van der Waals surface area contributed by atoms with Crippen molar-refractivity contribution in [1.82, 2.24) is 25.1 Å². The van der Waals surface area contributed by atoms with E-state index in [-0.39, 0.29) is 11.3 Å². The molecule has 0 spiro atoms. The maximum Gasteiger partial charge on any atom is 0.225 e. The van der Waals surface area contributed by atoms with Crippen LogP contribution in [0.2, 0.25) is 0 Å². The van der Waals surface area contributed by atoms with Crippen molar-refractivity contribution >= 4 is 22.8 Å². The summed E-state index contributed by atoms with van der Waals surface area (Å²) in [6.07, 6.45) is 8.46. The average Bonchev–Trinajstić information content (AvgIpc) is 2.80. The highest BCUT2D eigenvalue weighted by atomic mass is 16.2. The molecule has 7 heteroatoms. The van der Waals surface area contributed by atoms with Gasteiger partial charge < -0.3 is 10.2 Å². The molecule has 0 unspecified atom stereocenters. The maximum absolute atomic E-state index is 12.0. The summed E-state index contributed by atoms with van der Waals surface area (Å²) in [5.74, 6) is 1.03. The molecule has 3 heterocycles. The summed E-state index contributed by atoms with van der Waals surface area (Å²) < 4.78 is 1.85. The number of rotatable bonds is 4. The second-order valence-corrected chi connectivity index (χ2v) is 7.71. The number of carbonyl (C=O) groups excluding carboxylic acids is 1. The number of hydrogen-bond donors (Lipinski definition) is 1. The molecule has 1 fully saturated rings. The highest BCUT2D eigenvalue weighted by molar-refractivity contribution is 5.86. The van der Waals surface area contributed by atoms with Gasteiger partial charge in [-0.1, -0.05) is 33.6 Å². The zero-order valence-corrected chi connectivity index (χ0v) is 15.5. The largest absolute Gasteiger partial charge is 0.356 e. The monoisotopic (exact) mass is 344 g/mol. The first-order valence-electron chi connectivity index (χ1n) is 9.16. The van der Waals surface area contributed by atoms with Gasteiger partial charge in [0.15, 0.2) is 5.65 Å². The number of carbonyl (C=O) groups is 1. The first-order valence-corrected chi connectivity index (χ1v) is 9.16. The summed E-state index contributed by atoms with van der Waals surface area (Å²) >= 11 is 0. The molecule has 0 atom stereocenters. The minimum atomic E-state index is -0.381. The molecular weight excluding hydrogens is 316 g/mol. The van der Waals surface area contributed by atoms with Gasteiger partial charge in [-0.2, -0.15) is 5.10 Å². The zero-order valence-electron chi connectivity index (χ0n) is 15.5. The molecule has 3 rings (SSSR count). The number of fused-ring (bicyclic) bond motifs is 1. The van der Waals surface area contributed by atoms with E-state index >= 15 is 0 Å². The molecule has 0 aliphatic carbocycles. The normalized spacial score (nSPS) is 16.0. The van der Waals surface area contributed by atoms with Crippen LogP contribution in [0.25, 0.3) is 11.0 Å². The fraction of sp³-hybridized carbons (Fsp3) is 0.667. The summed E-state index contributed by atoms with van der Waals surface area (Å²) in [5, 5.41) is 8.42. The first-order chi connectivity index (χ1) is 12.0. The second kappa shape index (κ2) is 7.37. The van der Waals surface area contributed by atoms with Gasteiger partial charge in [-0.3, -0.25) is 4.79 Å². The lowest BCUT2D eigenvalue weighted by atomic mass is 9.96. The fourth-order valence-electron chi connectivity index (χ4n) is 3.12. The Morgan fingerprint density at radius 2 is 1.88 bits per heavy atom. The number of aromatic nitrogens is 4. The summed E-state index contributed by atoms with van der Waals surface area (Å²) in [6.45, 7) is 8.95. The predicted octanol–water partition coefficient (Wildman–Crippen LogP) is 2.37. The first kappa shape index (κ1) is 17.6. The highest BCUT2D eigenvalue weighted by Crippen LogP contribution is 2.25. The van der Waals surface area contributed by atoms with E-state index in [4.69, 9.17) is 0 Å². The number of amides is 1. The van der Waals surface area contributed by atoms with Crippen molar-refractivity contribution in [2.45, 2.75) is 53.0 Å². The summed E-state index contributed by atoms with van der Waals surface area (Å²) in [6, 6.07) is 0. The number of nitrogens with zero attached hydrogens (tertiary/aromatic N) is 5. The quantitative estimate of drug-likeness (QED) is 0.921. The van der Waals surface area contributed by atoms with E-state index < -0.39 is 0 Å². The lowest BCUT2D eigenvalue weighted by Crippen LogP contribution is -2.36. The molecule has 1 amide bonds. The van der Waals surface area contributed by atoms with Crippen molar-refractivity contribution in [2.75, 3.05) is 24.5 Å². The maximum atomic E-state index is 12.0. The van der Waals surface area contributed by atoms with Gasteiger partial charge in [0.2, 0.25) is 5.91 Å². The molecule has 25 heavy (non-hydrogen) atoms. The summed E-state index contributed by atoms with van der Waals surface area (Å²) in [4.78, 5) is 23.3. The van der Waals surface area contributed by atoms with Crippen LogP contribution in [0.3, 0.4) is 0 Å². The van der Waals surface area contributed by atoms with Crippen LogP contribution in [-0.2, 0) is 11.3 Å². The third-order valence-corrected chi connectivity index (χ3v) is 4.61. The molecule has 0 aromatic carbocycles. The van der Waals surface area contributed by atoms with Crippen molar-refractivity contribution < 1.29 is 4.79 Å². The molecule has 0 saturated carbocycles. The van der Waals surface area contributed by atoms with Crippen molar-refractivity contribution in [2.24, 2.45) is 5.41 Å². The summed E-state index contributed by atoms with van der Waals surface area (Å²) in [7, 11) is 0. The van der Waals surface area contributed by atoms with E-state index in [1.807, 2.05) is 31.6 Å². The van der Waals surface area contributed by atoms with E-state index in [2.05, 4.69) is 25.3 Å². The minimum Gasteiger partial charge on any atom is -0.356 e. The van der Waals surface area contributed by atoms with Gasteiger partial charge in [0.25, 0.3) is 0 Å². The van der Waals surface area contributed by atoms with Crippen LogP contribution in [0.5, 0.6) is 0 Å². The molecule has 136 valence electrons. The van der Waals surface area contributed by atoms with Crippen LogP contribution >= 0.6 is 0 Å². The Hall–Kier alpha value is -2.18. The molecule has 1 aliphatic rings. The van der Waals surface area contributed by atoms with Crippen molar-refractivity contribution in [3.63, 3.8) is 0 Å². The number of anilines is 1. The Morgan fingerprint density at radius 1 is 1.16 bits per heavy atom. The third kappa shape index (κ3) is 4.08. The predicted molar refractivity (Wildman–Crippen MR) is 98.5 cm³/mol. The van der Waals surface area contributed by atoms with Gasteiger partial charge in [0.05, 0.1) is 18.1 Å². The van der Waals surface area contributed by atoms with Crippen molar-refractivity contribution in [1.29, 1.82) is 0 Å². The van der Waals surface area contributed by atoms with E-state index in [0.29, 0.717) is 13.1 Å². The Morgan fingerprint density at radius 3 is 2.56 bits per heavy atom. The minimum absolute atomic E-state index is 0.0452. The Bertz CT molecular complexity index is 725. The van der Waals surface area contributed by atoms with Crippen molar-refractivity contribution in [3.05, 3.63) is 12.5 Å². The van der Waals surface area contributed by atoms with Crippen LogP contribution in [0.15, 0.2) is 12.5 Å². The van der Waals surface area contributed by atoms with Gasteiger partial charge in [0.1, 0.15) is 12.1 Å².